The van der Waals surface area contributed by atoms with E-state index in [-0.39, 0.29) is 66.5 Å². The van der Waals surface area contributed by atoms with Crippen LogP contribution in [0.1, 0.15) is 144 Å². The number of fused-ring (bicyclic) bond motifs is 8. The maximum atomic E-state index is 12.8. The minimum absolute atomic E-state index is 0. The van der Waals surface area contributed by atoms with Gasteiger partial charge >= 0.3 is 11.9 Å². The summed E-state index contributed by atoms with van der Waals surface area (Å²) in [5.41, 5.74) is -0.761. The van der Waals surface area contributed by atoms with Gasteiger partial charge in [-0.25, -0.2) is 26.3 Å². The van der Waals surface area contributed by atoms with Crippen molar-refractivity contribution in [2.45, 2.75) is 155 Å². The van der Waals surface area contributed by atoms with Crippen molar-refractivity contribution in [3.05, 3.63) is 24.3 Å². The highest BCUT2D eigenvalue weighted by Gasteiger charge is 2.61. The number of carbonyl (C=O) groups is 2. The molecule has 8 aliphatic rings. The second-order valence-corrected chi connectivity index (χ2v) is 24.9. The Morgan fingerprint density at radius 2 is 1.02 bits per heavy atom. The van der Waals surface area contributed by atoms with E-state index >= 15 is 0 Å². The molecule has 0 saturated heterocycles. The molecule has 2 N–H and O–H groups in total. The first-order valence-electron chi connectivity index (χ1n) is 21.6. The number of hydrogen-bond donors (Lipinski definition) is 2. The molecule has 10 nitrogen and oxygen atoms in total. The third-order valence-electron chi connectivity index (χ3n) is 14.9. The molecule has 0 aliphatic heterocycles. The maximum absolute atomic E-state index is 12.8. The normalized spacial score (nSPS) is 38.0. The number of nitrogens with one attached hydrogen (secondary N) is 2. The molecule has 6 fully saturated rings. The molecular weight excluding hydrogens is 809 g/mol. The van der Waals surface area contributed by atoms with Crippen molar-refractivity contribution in [2.75, 3.05) is 25.6 Å². The number of carbonyl (C=O) groups excluding carboxylic acids is 2. The summed E-state index contributed by atoms with van der Waals surface area (Å²) >= 11 is 0. The summed E-state index contributed by atoms with van der Waals surface area (Å²) < 4.78 is 61.4. The van der Waals surface area contributed by atoms with Gasteiger partial charge in [-0.3, -0.25) is 9.59 Å². The van der Waals surface area contributed by atoms with Crippen LogP contribution in [0.25, 0.3) is 0 Å². The first-order chi connectivity index (χ1) is 25.9. The van der Waals surface area contributed by atoms with E-state index in [2.05, 4.69) is 47.6 Å². The van der Waals surface area contributed by atoms with Gasteiger partial charge in [-0.15, -0.1) is 0 Å². The molecule has 0 aromatic carbocycles. The summed E-state index contributed by atoms with van der Waals surface area (Å²) in [5.74, 6) is 8.75. The smallest absolute Gasteiger partial charge is 0.310 e. The molecule has 16 unspecified atom stereocenters. The lowest BCUT2D eigenvalue weighted by atomic mass is 9.61. The summed E-state index contributed by atoms with van der Waals surface area (Å²) in [6.45, 7) is 17.6. The molecule has 0 spiro atoms. The fraction of sp³-hybridized carbons (Fsp3) is 0.878. The number of ether oxygens (including phenoxy) is 2. The second kappa shape index (κ2) is 21.5. The summed E-state index contributed by atoms with van der Waals surface area (Å²) in [4.78, 5) is 24.6. The lowest BCUT2D eigenvalue weighted by Crippen LogP contribution is -2.43. The van der Waals surface area contributed by atoms with E-state index < -0.39 is 25.6 Å². The van der Waals surface area contributed by atoms with E-state index in [4.69, 9.17) is 9.47 Å². The maximum Gasteiger partial charge on any atom is 0.310 e. The summed E-state index contributed by atoms with van der Waals surface area (Å²) in [5, 5.41) is 0. The Morgan fingerprint density at radius 3 is 1.43 bits per heavy atom. The standard InChI is InChI=1S/C23H39NO4S.C12H18O2.C9H15NO2S.5CH4/c1-12-14-7-16(11-24-29(6,26)27)18(8-14)21(12)20-13(2)17-9-15(20)10-19(17)22(25)28-23(3,4)5;1-12(2,3)14-11(13)10-7-8-4-5-9(10)6-8;1-13(11,12)10-6-9-5-7-2-3-8(9)4-7;;;;;/h12-21,24H,7-11H2,1-6H3;4-5,8-10H,6-7H2,1-3H3;2-3,7-10H,4-6H2,1H3;5*1H4. The van der Waals surface area contributed by atoms with Crippen LogP contribution in [0, 0.1) is 94.7 Å². The SMILES string of the molecule is C.C.C.C.C.CC(C)(C)OC(=O)C1CC2C=CC1C2.CC1C2CC(CC2C(=O)OC(C)(C)C)C1C1C(C)C2CC(CNS(C)(=O)=O)C1C2.CS(=O)(=O)NCC1CC2C=CC1C2. The van der Waals surface area contributed by atoms with Gasteiger partial charge in [0.1, 0.15) is 11.2 Å². The average Bonchev–Trinajstić information content (AvgIpc) is 3.92. The number of sulfonamides is 2. The van der Waals surface area contributed by atoms with E-state index in [0.29, 0.717) is 78.2 Å². The van der Waals surface area contributed by atoms with E-state index in [1.165, 1.54) is 38.2 Å². The zero-order valence-electron chi connectivity index (χ0n) is 35.7. The minimum Gasteiger partial charge on any atom is -0.460 e. The van der Waals surface area contributed by atoms with E-state index in [1.807, 2.05) is 41.5 Å². The highest BCUT2D eigenvalue weighted by atomic mass is 32.2. The highest BCUT2D eigenvalue weighted by molar-refractivity contribution is 7.89. The molecule has 6 saturated carbocycles. The Hall–Kier alpha value is -1.76. The van der Waals surface area contributed by atoms with Gasteiger partial charge in [0, 0.05) is 13.1 Å². The third-order valence-corrected chi connectivity index (χ3v) is 16.3. The fourth-order valence-electron chi connectivity index (χ4n) is 12.8. The Balaban J connectivity index is 0.000000491. The molecule has 0 aromatic heterocycles. The Kier molecular flexibility index (Phi) is 20.2. The first kappa shape index (κ1) is 57.3. The molecule has 0 heterocycles. The predicted octanol–water partition coefficient (Wildman–Crippen LogP) is 10.2. The molecule has 8 bridgehead atoms. The van der Waals surface area contributed by atoms with Crippen molar-refractivity contribution in [1.82, 2.24) is 9.44 Å². The van der Waals surface area contributed by atoms with Crippen LogP contribution in [0.15, 0.2) is 24.3 Å². The van der Waals surface area contributed by atoms with Gasteiger partial charge in [0.05, 0.1) is 24.3 Å². The molecule has 8 rings (SSSR count). The Morgan fingerprint density at radius 1 is 0.541 bits per heavy atom. The lowest BCUT2D eigenvalue weighted by molar-refractivity contribution is -0.164. The van der Waals surface area contributed by atoms with Gasteiger partial charge in [-0.2, -0.15) is 0 Å². The van der Waals surface area contributed by atoms with Crippen LogP contribution >= 0.6 is 0 Å². The zero-order valence-corrected chi connectivity index (χ0v) is 37.3. The largest absolute Gasteiger partial charge is 0.460 e. The van der Waals surface area contributed by atoms with Crippen molar-refractivity contribution in [3.63, 3.8) is 0 Å². The molecule has 0 radical (unpaired) electrons. The Labute approximate surface area is 375 Å². The molecule has 16 atom stereocenters. The second-order valence-electron chi connectivity index (χ2n) is 21.3. The molecule has 61 heavy (non-hydrogen) atoms. The summed E-state index contributed by atoms with van der Waals surface area (Å²) in [7, 11) is -6.13. The topological polar surface area (TPSA) is 145 Å². The number of esters is 2. The number of allylic oxidation sites excluding steroid dienone is 4. The van der Waals surface area contributed by atoms with Crippen molar-refractivity contribution in [1.29, 1.82) is 0 Å². The lowest BCUT2D eigenvalue weighted by Gasteiger charge is -2.44. The van der Waals surface area contributed by atoms with E-state index in [9.17, 15) is 26.4 Å². The van der Waals surface area contributed by atoms with Crippen LogP contribution in [0.3, 0.4) is 0 Å². The van der Waals surface area contributed by atoms with Crippen LogP contribution in [-0.4, -0.2) is 65.6 Å². The fourth-order valence-corrected chi connectivity index (χ4v) is 13.8. The summed E-state index contributed by atoms with van der Waals surface area (Å²) in [6, 6.07) is 0. The van der Waals surface area contributed by atoms with Gasteiger partial charge in [0.25, 0.3) is 0 Å². The van der Waals surface area contributed by atoms with Gasteiger partial charge in [0.15, 0.2) is 0 Å². The van der Waals surface area contributed by atoms with Crippen LogP contribution in [0.2, 0.25) is 0 Å². The third kappa shape index (κ3) is 14.1. The first-order valence-corrected chi connectivity index (χ1v) is 25.4. The van der Waals surface area contributed by atoms with Crippen molar-refractivity contribution in [2.24, 2.45) is 94.7 Å². The van der Waals surface area contributed by atoms with Crippen LogP contribution < -0.4 is 9.44 Å². The molecule has 8 aliphatic carbocycles. The van der Waals surface area contributed by atoms with Crippen LogP contribution in [-0.2, 0) is 39.1 Å². The molecule has 0 amide bonds. The number of hydrogen-bond acceptors (Lipinski definition) is 8. The predicted molar refractivity (Wildman–Crippen MR) is 253 cm³/mol. The van der Waals surface area contributed by atoms with E-state index in [1.54, 1.807) is 0 Å². The molecule has 0 aromatic rings. The van der Waals surface area contributed by atoms with Gasteiger partial charge in [-0.1, -0.05) is 75.3 Å². The van der Waals surface area contributed by atoms with Gasteiger partial charge < -0.3 is 9.47 Å². The summed E-state index contributed by atoms with van der Waals surface area (Å²) in [6.07, 6.45) is 20.5. The molecule has 358 valence electrons. The van der Waals surface area contributed by atoms with Crippen molar-refractivity contribution in [3.8, 4) is 0 Å². The molecule has 12 heteroatoms. The van der Waals surface area contributed by atoms with Crippen molar-refractivity contribution >= 4 is 32.0 Å². The van der Waals surface area contributed by atoms with Gasteiger partial charge in [0.2, 0.25) is 20.0 Å². The Bertz CT molecular complexity index is 1730. The quantitative estimate of drug-likeness (QED) is 0.172. The van der Waals surface area contributed by atoms with Crippen molar-refractivity contribution < 1.29 is 35.9 Å². The monoisotopic (exact) mass is 901 g/mol. The van der Waals surface area contributed by atoms with Crippen LogP contribution in [0.4, 0.5) is 0 Å². The van der Waals surface area contributed by atoms with Crippen LogP contribution in [0.5, 0.6) is 0 Å². The van der Waals surface area contributed by atoms with E-state index in [0.717, 1.165) is 43.4 Å². The average molecular weight is 901 g/mol. The zero-order chi connectivity index (χ0) is 41.1. The molecular formula is C49H92N2O8S2. The highest BCUT2D eigenvalue weighted by Crippen LogP contribution is 2.66. The minimum atomic E-state index is -3.13. The number of rotatable bonds is 9. The van der Waals surface area contributed by atoms with Gasteiger partial charge in [-0.05, 0) is 176 Å².